The Balaban J connectivity index is 3.53. The zero-order valence-electron chi connectivity index (χ0n) is 6.20. The molecule has 0 amide bonds. The minimum atomic E-state index is 0.998. The van der Waals surface area contributed by atoms with E-state index in [9.17, 15) is 0 Å². The van der Waals surface area contributed by atoms with Crippen LogP contribution in [0, 0.1) is 0 Å². The molecular formula is C8H10N2. The predicted molar refractivity (Wildman–Crippen MR) is 41.6 cm³/mol. The molecular weight excluding hydrogens is 124 g/mol. The summed E-state index contributed by atoms with van der Waals surface area (Å²) < 4.78 is 0. The van der Waals surface area contributed by atoms with Crippen LogP contribution in [0.4, 0.5) is 0 Å². The largest absolute Gasteiger partial charge is 0.244 e. The van der Waals surface area contributed by atoms with E-state index in [2.05, 4.69) is 9.97 Å². The highest BCUT2D eigenvalue weighted by molar-refractivity contribution is 5.22. The van der Waals surface area contributed by atoms with Crippen LogP contribution in [0.5, 0.6) is 0 Å². The Kier molecular flexibility index (Phi) is 2.15. The first-order chi connectivity index (χ1) is 4.88. The van der Waals surface area contributed by atoms with Crippen molar-refractivity contribution in [2.24, 2.45) is 0 Å². The standard InChI is InChI=1S/C8H10N2/c1-3-7-5-9-6-10-8(7)4-2/h3-6H,1-2H3. The van der Waals surface area contributed by atoms with E-state index in [1.807, 2.05) is 32.2 Å². The second-order valence-electron chi connectivity index (χ2n) is 1.94. The van der Waals surface area contributed by atoms with E-state index in [-0.39, 0.29) is 0 Å². The van der Waals surface area contributed by atoms with E-state index >= 15 is 0 Å². The summed E-state index contributed by atoms with van der Waals surface area (Å²) in [5.41, 5.74) is 0. The summed E-state index contributed by atoms with van der Waals surface area (Å²) in [4.78, 5) is 7.97. The fraction of sp³-hybridized carbons (Fsp3) is 0.250. The molecule has 0 aliphatic heterocycles. The second-order valence-corrected chi connectivity index (χ2v) is 1.94. The fourth-order valence-corrected chi connectivity index (χ4v) is 0.813. The summed E-state index contributed by atoms with van der Waals surface area (Å²) in [5.74, 6) is 0. The summed E-state index contributed by atoms with van der Waals surface area (Å²) in [6.45, 7) is 3.95. The van der Waals surface area contributed by atoms with Crippen molar-refractivity contribution in [1.82, 2.24) is 9.97 Å². The first-order valence-corrected chi connectivity index (χ1v) is 3.27. The summed E-state index contributed by atoms with van der Waals surface area (Å²) in [5, 5.41) is 2.09. The average Bonchev–Trinajstić information content (AvgIpc) is 2.04. The van der Waals surface area contributed by atoms with Crippen molar-refractivity contribution in [2.45, 2.75) is 13.8 Å². The molecule has 0 fully saturated rings. The van der Waals surface area contributed by atoms with Crippen LogP contribution in [-0.4, -0.2) is 9.97 Å². The zero-order chi connectivity index (χ0) is 7.40. The van der Waals surface area contributed by atoms with E-state index in [1.54, 1.807) is 6.33 Å². The van der Waals surface area contributed by atoms with Crippen LogP contribution in [0.1, 0.15) is 13.8 Å². The van der Waals surface area contributed by atoms with E-state index in [0.717, 1.165) is 10.6 Å². The first kappa shape index (κ1) is 6.93. The summed E-state index contributed by atoms with van der Waals surface area (Å²) in [6, 6.07) is 0. The minimum absolute atomic E-state index is 0.998. The molecule has 2 nitrogen and oxygen atoms in total. The van der Waals surface area contributed by atoms with Crippen LogP contribution >= 0.6 is 0 Å². The highest BCUT2D eigenvalue weighted by Crippen LogP contribution is 1.59. The number of nitrogens with zero attached hydrogens (tertiary/aromatic N) is 2. The molecule has 0 saturated carbocycles. The molecule has 0 spiro atoms. The fourth-order valence-electron chi connectivity index (χ4n) is 0.813. The van der Waals surface area contributed by atoms with Crippen molar-refractivity contribution in [3.8, 4) is 0 Å². The van der Waals surface area contributed by atoms with Crippen LogP contribution in [0.2, 0.25) is 0 Å². The van der Waals surface area contributed by atoms with Crippen molar-refractivity contribution in [3.63, 3.8) is 0 Å². The highest BCUT2D eigenvalue weighted by atomic mass is 14.8. The first-order valence-electron chi connectivity index (χ1n) is 3.27. The zero-order valence-corrected chi connectivity index (χ0v) is 6.20. The van der Waals surface area contributed by atoms with E-state index in [4.69, 9.17) is 0 Å². The number of rotatable bonds is 0. The molecule has 0 saturated heterocycles. The maximum absolute atomic E-state index is 4.07. The Bertz CT molecular complexity index is 281. The van der Waals surface area contributed by atoms with Crippen molar-refractivity contribution < 1.29 is 0 Å². The van der Waals surface area contributed by atoms with E-state index < -0.39 is 0 Å². The Labute approximate surface area is 60.0 Å². The maximum atomic E-state index is 4.07. The predicted octanol–water partition coefficient (Wildman–Crippen LogP) is 0.0774. The minimum Gasteiger partial charge on any atom is -0.244 e. The number of hydrogen-bond donors (Lipinski definition) is 0. The maximum Gasteiger partial charge on any atom is 0.116 e. The Morgan fingerprint density at radius 3 is 2.60 bits per heavy atom. The topological polar surface area (TPSA) is 25.8 Å². The summed E-state index contributed by atoms with van der Waals surface area (Å²) in [6.07, 6.45) is 7.33. The van der Waals surface area contributed by atoms with Gasteiger partial charge in [0.05, 0.1) is 5.35 Å². The van der Waals surface area contributed by atoms with Gasteiger partial charge in [-0.05, 0) is 13.8 Å². The van der Waals surface area contributed by atoms with Gasteiger partial charge in [-0.3, -0.25) is 0 Å². The smallest absolute Gasteiger partial charge is 0.116 e. The third-order valence-electron chi connectivity index (χ3n) is 1.36. The molecule has 2 heteroatoms. The van der Waals surface area contributed by atoms with Crippen molar-refractivity contribution in [1.29, 1.82) is 0 Å². The molecule has 0 aliphatic rings. The van der Waals surface area contributed by atoms with Gasteiger partial charge in [-0.1, -0.05) is 12.2 Å². The second kappa shape index (κ2) is 3.11. The lowest BCUT2D eigenvalue weighted by molar-refractivity contribution is 1.10. The lowest BCUT2D eigenvalue weighted by atomic mass is 10.4. The molecule has 52 valence electrons. The van der Waals surface area contributed by atoms with Gasteiger partial charge in [0.1, 0.15) is 6.33 Å². The molecule has 0 bridgehead atoms. The average molecular weight is 134 g/mol. The van der Waals surface area contributed by atoms with Crippen molar-refractivity contribution >= 4 is 12.2 Å². The molecule has 10 heavy (non-hydrogen) atoms. The molecule has 0 aromatic carbocycles. The molecule has 1 aromatic rings. The molecule has 0 radical (unpaired) electrons. The van der Waals surface area contributed by atoms with Gasteiger partial charge in [0.15, 0.2) is 0 Å². The third kappa shape index (κ3) is 1.21. The SMILES string of the molecule is CC=c1cncnc1=CC. The Morgan fingerprint density at radius 1 is 1.30 bits per heavy atom. The van der Waals surface area contributed by atoms with Crippen LogP contribution in [0.25, 0.3) is 12.2 Å². The van der Waals surface area contributed by atoms with Crippen molar-refractivity contribution in [3.05, 3.63) is 23.1 Å². The van der Waals surface area contributed by atoms with Gasteiger partial charge in [0.25, 0.3) is 0 Å². The van der Waals surface area contributed by atoms with Crippen LogP contribution < -0.4 is 10.6 Å². The van der Waals surface area contributed by atoms with Gasteiger partial charge in [0, 0.05) is 11.4 Å². The quantitative estimate of drug-likeness (QED) is 0.502. The summed E-state index contributed by atoms with van der Waals surface area (Å²) in [7, 11) is 0. The molecule has 1 rings (SSSR count). The van der Waals surface area contributed by atoms with E-state index in [0.29, 0.717) is 0 Å². The highest BCUT2D eigenvalue weighted by Gasteiger charge is 1.79. The van der Waals surface area contributed by atoms with Gasteiger partial charge in [-0.15, -0.1) is 0 Å². The van der Waals surface area contributed by atoms with E-state index in [1.165, 1.54) is 0 Å². The van der Waals surface area contributed by atoms with Gasteiger partial charge in [-0.2, -0.15) is 0 Å². The Hall–Kier alpha value is -1.18. The van der Waals surface area contributed by atoms with Gasteiger partial charge in [0.2, 0.25) is 0 Å². The molecule has 0 atom stereocenters. The lowest BCUT2D eigenvalue weighted by Gasteiger charge is -1.84. The molecule has 0 unspecified atom stereocenters. The molecule has 0 aliphatic carbocycles. The van der Waals surface area contributed by atoms with Crippen LogP contribution in [0.15, 0.2) is 12.5 Å². The molecule has 1 aromatic heterocycles. The third-order valence-corrected chi connectivity index (χ3v) is 1.36. The normalized spacial score (nSPS) is 14.2. The van der Waals surface area contributed by atoms with Gasteiger partial charge >= 0.3 is 0 Å². The number of aromatic nitrogens is 2. The van der Waals surface area contributed by atoms with Crippen LogP contribution in [-0.2, 0) is 0 Å². The molecule has 0 N–H and O–H groups in total. The van der Waals surface area contributed by atoms with Crippen LogP contribution in [0.3, 0.4) is 0 Å². The molecule has 1 heterocycles. The van der Waals surface area contributed by atoms with Gasteiger partial charge < -0.3 is 0 Å². The number of hydrogen-bond acceptors (Lipinski definition) is 2. The lowest BCUT2D eigenvalue weighted by Crippen LogP contribution is -2.27. The Morgan fingerprint density at radius 2 is 2.10 bits per heavy atom. The van der Waals surface area contributed by atoms with Gasteiger partial charge in [-0.25, -0.2) is 9.97 Å². The summed E-state index contributed by atoms with van der Waals surface area (Å²) >= 11 is 0. The van der Waals surface area contributed by atoms with Crippen molar-refractivity contribution in [2.75, 3.05) is 0 Å². The monoisotopic (exact) mass is 134 g/mol.